The molecule has 0 radical (unpaired) electrons. The van der Waals surface area contributed by atoms with E-state index in [1.54, 1.807) is 32.0 Å². The van der Waals surface area contributed by atoms with Crippen LogP contribution in [0.25, 0.3) is 11.4 Å². The van der Waals surface area contributed by atoms with Crippen LogP contribution in [-0.2, 0) is 13.1 Å². The van der Waals surface area contributed by atoms with Crippen molar-refractivity contribution in [3.05, 3.63) is 82.2 Å². The molecule has 0 saturated carbocycles. The molecule has 0 atom stereocenters. The summed E-state index contributed by atoms with van der Waals surface area (Å²) in [6.07, 6.45) is 0. The molecule has 2 aromatic heterocycles. The highest BCUT2D eigenvalue weighted by Gasteiger charge is 2.15. The van der Waals surface area contributed by atoms with Gasteiger partial charge in [-0.3, -0.25) is 0 Å². The highest BCUT2D eigenvalue weighted by molar-refractivity contribution is 6.30. The molecule has 0 bridgehead atoms. The van der Waals surface area contributed by atoms with E-state index in [1.807, 2.05) is 0 Å². The second kappa shape index (κ2) is 9.89. The first-order chi connectivity index (χ1) is 16.7. The van der Waals surface area contributed by atoms with Crippen molar-refractivity contribution in [2.45, 2.75) is 26.9 Å². The van der Waals surface area contributed by atoms with E-state index in [2.05, 4.69) is 30.8 Å². The Morgan fingerprint density at radius 1 is 0.943 bits per heavy atom. The molecule has 2 amide bonds. The molecule has 0 aliphatic rings. The number of hydrogen-bond donors (Lipinski definition) is 3. The summed E-state index contributed by atoms with van der Waals surface area (Å²) < 4.78 is 16.8. The molecule has 0 aliphatic heterocycles. The lowest BCUT2D eigenvalue weighted by atomic mass is 10.2. The number of nitrogens with zero attached hydrogens (tertiary/aromatic N) is 6. The molecule has 3 N–H and O–H groups in total. The van der Waals surface area contributed by atoms with Gasteiger partial charge in [-0.2, -0.15) is 10.2 Å². The predicted molar refractivity (Wildman–Crippen MR) is 123 cm³/mol. The summed E-state index contributed by atoms with van der Waals surface area (Å²) >= 11 is 5.75. The van der Waals surface area contributed by atoms with Crippen molar-refractivity contribution < 1.29 is 19.1 Å². The van der Waals surface area contributed by atoms with Gasteiger partial charge in [0.2, 0.25) is 0 Å². The molecule has 13 heteroatoms. The number of aromatic carboxylic acids is 1. The first-order valence-corrected chi connectivity index (χ1v) is 10.7. The maximum atomic E-state index is 13.9. The van der Waals surface area contributed by atoms with Crippen LogP contribution in [0.3, 0.4) is 0 Å². The van der Waals surface area contributed by atoms with E-state index >= 15 is 0 Å². The van der Waals surface area contributed by atoms with E-state index in [0.717, 1.165) is 0 Å². The minimum atomic E-state index is -1.06. The van der Waals surface area contributed by atoms with Crippen molar-refractivity contribution in [1.29, 1.82) is 0 Å². The average Bonchev–Trinajstić information content (AvgIpc) is 3.40. The number of nitrogens with one attached hydrogen (secondary N) is 2. The van der Waals surface area contributed by atoms with Crippen molar-refractivity contribution in [2.75, 3.05) is 0 Å². The molecule has 4 rings (SSSR count). The van der Waals surface area contributed by atoms with Gasteiger partial charge in [-0.05, 0) is 44.2 Å². The summed E-state index contributed by atoms with van der Waals surface area (Å²) in [6, 6.07) is 9.97. The number of carbonyl (C=O) groups excluding carboxylic acids is 1. The van der Waals surface area contributed by atoms with Crippen molar-refractivity contribution in [3.63, 3.8) is 0 Å². The monoisotopic (exact) mass is 498 g/mol. The van der Waals surface area contributed by atoms with Crippen LogP contribution >= 0.6 is 11.6 Å². The third kappa shape index (κ3) is 5.44. The highest BCUT2D eigenvalue weighted by atomic mass is 35.5. The standard InChI is InChI=1S/C22H20ClFN8O3/c1-12-27-19(31(29-12)15-5-3-4-14(8-15)21(33)34)10-25-22(35)26-11-20-28-13(2)30-32(20)16-6-7-17(23)18(24)9-16/h3-9H,10-11H2,1-2H3,(H,33,34)(H2,25,26,35). The fraction of sp³-hybridized carbons (Fsp3) is 0.182. The van der Waals surface area contributed by atoms with Crippen LogP contribution < -0.4 is 10.6 Å². The predicted octanol–water partition coefficient (Wildman–Crippen LogP) is 2.95. The van der Waals surface area contributed by atoms with E-state index in [-0.39, 0.29) is 23.7 Å². The van der Waals surface area contributed by atoms with Gasteiger partial charge in [0.05, 0.1) is 35.1 Å². The third-order valence-corrected chi connectivity index (χ3v) is 5.17. The minimum absolute atomic E-state index is 0.0117. The number of carboxylic acid groups (broad SMARTS) is 1. The topological polar surface area (TPSA) is 140 Å². The average molecular weight is 499 g/mol. The third-order valence-electron chi connectivity index (χ3n) is 4.86. The molecule has 0 fully saturated rings. The van der Waals surface area contributed by atoms with Crippen molar-refractivity contribution in [1.82, 2.24) is 40.2 Å². The maximum Gasteiger partial charge on any atom is 0.335 e. The van der Waals surface area contributed by atoms with Gasteiger partial charge in [-0.25, -0.2) is 33.3 Å². The van der Waals surface area contributed by atoms with E-state index in [0.29, 0.717) is 34.7 Å². The van der Waals surface area contributed by atoms with Gasteiger partial charge in [-0.1, -0.05) is 17.7 Å². The van der Waals surface area contributed by atoms with Gasteiger partial charge in [0.15, 0.2) is 11.6 Å². The zero-order chi connectivity index (χ0) is 25.1. The fourth-order valence-corrected chi connectivity index (χ4v) is 3.45. The number of hydrogen-bond acceptors (Lipinski definition) is 6. The zero-order valence-electron chi connectivity index (χ0n) is 18.7. The summed E-state index contributed by atoms with van der Waals surface area (Å²) in [5.74, 6) is 0.0561. The zero-order valence-corrected chi connectivity index (χ0v) is 19.4. The lowest BCUT2D eigenvalue weighted by Crippen LogP contribution is -2.36. The molecule has 0 aliphatic carbocycles. The number of aryl methyl sites for hydroxylation is 2. The highest BCUT2D eigenvalue weighted by Crippen LogP contribution is 2.19. The number of carbonyl (C=O) groups is 2. The Bertz CT molecular complexity index is 1420. The number of amides is 2. The Morgan fingerprint density at radius 3 is 2.06 bits per heavy atom. The fourth-order valence-electron chi connectivity index (χ4n) is 3.33. The van der Waals surface area contributed by atoms with Crippen molar-refractivity contribution in [2.24, 2.45) is 0 Å². The second-order valence-electron chi connectivity index (χ2n) is 7.46. The van der Waals surface area contributed by atoms with Crippen LogP contribution in [-0.4, -0.2) is 46.6 Å². The molecule has 0 unspecified atom stereocenters. The number of rotatable bonds is 7. The Balaban J connectivity index is 1.43. The summed E-state index contributed by atoms with van der Waals surface area (Å²) in [5, 5.41) is 23.1. The lowest BCUT2D eigenvalue weighted by Gasteiger charge is -2.10. The van der Waals surface area contributed by atoms with Gasteiger partial charge in [-0.15, -0.1) is 0 Å². The van der Waals surface area contributed by atoms with Crippen LogP contribution in [0, 0.1) is 19.7 Å². The minimum Gasteiger partial charge on any atom is -0.478 e. The van der Waals surface area contributed by atoms with E-state index in [4.69, 9.17) is 11.6 Å². The first-order valence-electron chi connectivity index (χ1n) is 10.4. The van der Waals surface area contributed by atoms with Crippen molar-refractivity contribution in [3.8, 4) is 11.4 Å². The second-order valence-corrected chi connectivity index (χ2v) is 7.87. The van der Waals surface area contributed by atoms with Gasteiger partial charge in [0.1, 0.15) is 17.5 Å². The van der Waals surface area contributed by atoms with Gasteiger partial charge < -0.3 is 15.7 Å². The number of aromatic nitrogens is 6. The Morgan fingerprint density at radius 2 is 1.51 bits per heavy atom. The molecule has 2 heterocycles. The smallest absolute Gasteiger partial charge is 0.335 e. The number of carboxylic acids is 1. The number of urea groups is 1. The van der Waals surface area contributed by atoms with Crippen LogP contribution in [0.4, 0.5) is 9.18 Å². The Labute approximate surface area is 203 Å². The molecule has 11 nitrogen and oxygen atoms in total. The van der Waals surface area contributed by atoms with Gasteiger partial charge in [0, 0.05) is 6.07 Å². The normalized spacial score (nSPS) is 10.9. The molecular formula is C22H20ClFN8O3. The lowest BCUT2D eigenvalue weighted by molar-refractivity contribution is 0.0696. The summed E-state index contributed by atoms with van der Waals surface area (Å²) in [7, 11) is 0. The van der Waals surface area contributed by atoms with Crippen LogP contribution in [0.1, 0.15) is 33.7 Å². The van der Waals surface area contributed by atoms with Gasteiger partial charge in [0.25, 0.3) is 0 Å². The van der Waals surface area contributed by atoms with E-state index in [1.165, 1.54) is 33.6 Å². The molecular weight excluding hydrogens is 479 g/mol. The maximum absolute atomic E-state index is 13.9. The summed E-state index contributed by atoms with van der Waals surface area (Å²) in [5.41, 5.74) is 1.02. The molecule has 4 aromatic rings. The van der Waals surface area contributed by atoms with Crippen LogP contribution in [0.15, 0.2) is 42.5 Å². The van der Waals surface area contributed by atoms with Crippen LogP contribution in [0.2, 0.25) is 5.02 Å². The van der Waals surface area contributed by atoms with Crippen molar-refractivity contribution >= 4 is 23.6 Å². The molecule has 2 aromatic carbocycles. The Hall–Kier alpha value is -4.32. The Kier molecular flexibility index (Phi) is 6.73. The number of benzene rings is 2. The van der Waals surface area contributed by atoms with E-state index in [9.17, 15) is 19.1 Å². The molecule has 0 saturated heterocycles. The number of halogens is 2. The molecule has 0 spiro atoms. The summed E-state index contributed by atoms with van der Waals surface area (Å²) in [6.45, 7) is 3.41. The SMILES string of the molecule is Cc1nc(CNC(=O)NCc2nc(C)nn2-c2ccc(Cl)c(F)c2)n(-c2cccc(C(=O)O)c2)n1. The quantitative estimate of drug-likeness (QED) is 0.356. The molecule has 35 heavy (non-hydrogen) atoms. The first kappa shape index (κ1) is 23.8. The van der Waals surface area contributed by atoms with Gasteiger partial charge >= 0.3 is 12.0 Å². The van der Waals surface area contributed by atoms with Crippen LogP contribution in [0.5, 0.6) is 0 Å². The molecule has 180 valence electrons. The van der Waals surface area contributed by atoms with E-state index < -0.39 is 17.8 Å². The summed E-state index contributed by atoms with van der Waals surface area (Å²) in [4.78, 5) is 32.3. The largest absolute Gasteiger partial charge is 0.478 e.